The summed E-state index contributed by atoms with van der Waals surface area (Å²) < 4.78 is 0. The van der Waals surface area contributed by atoms with E-state index < -0.39 is 0 Å². The zero-order chi connectivity index (χ0) is 16.7. The maximum absolute atomic E-state index is 11.8. The molecule has 0 aliphatic heterocycles. The number of benzene rings is 2. The van der Waals surface area contributed by atoms with Crippen LogP contribution in [-0.2, 0) is 4.79 Å². The summed E-state index contributed by atoms with van der Waals surface area (Å²) in [5.74, 6) is -0.179. The molecule has 4 nitrogen and oxygen atoms in total. The van der Waals surface area contributed by atoms with E-state index in [0.717, 1.165) is 16.8 Å². The third kappa shape index (κ3) is 5.45. The summed E-state index contributed by atoms with van der Waals surface area (Å²) in [6, 6.07) is 14.1. The van der Waals surface area contributed by atoms with Gasteiger partial charge in [-0.25, -0.2) is 5.43 Å². The van der Waals surface area contributed by atoms with Crippen molar-refractivity contribution in [3.63, 3.8) is 0 Å². The van der Waals surface area contributed by atoms with E-state index in [1.807, 2.05) is 56.5 Å². The Balaban J connectivity index is 1.81. The van der Waals surface area contributed by atoms with Crippen molar-refractivity contribution in [3.05, 3.63) is 59.2 Å². The number of carbonyl (C=O) groups excluding carboxylic acids is 1. The molecule has 0 unspecified atom stereocenters. The van der Waals surface area contributed by atoms with Gasteiger partial charge in [0.2, 0.25) is 0 Å². The number of aryl methyl sites for hydroxylation is 2. The van der Waals surface area contributed by atoms with Crippen molar-refractivity contribution in [1.82, 2.24) is 5.43 Å². The number of hydrogen-bond acceptors (Lipinski definition) is 4. The minimum Gasteiger partial charge on any atom is -0.376 e. The fourth-order valence-electron chi connectivity index (χ4n) is 2.10. The van der Waals surface area contributed by atoms with Gasteiger partial charge in [0.25, 0.3) is 5.91 Å². The van der Waals surface area contributed by atoms with Crippen LogP contribution in [0.25, 0.3) is 0 Å². The number of thioether (sulfide) groups is 1. The highest BCUT2D eigenvalue weighted by atomic mass is 32.2. The van der Waals surface area contributed by atoms with Crippen LogP contribution in [0.5, 0.6) is 0 Å². The molecule has 0 heterocycles. The zero-order valence-corrected chi connectivity index (χ0v) is 14.4. The Morgan fingerprint density at radius 3 is 2.57 bits per heavy atom. The van der Waals surface area contributed by atoms with Crippen LogP contribution < -0.4 is 10.7 Å². The Labute approximate surface area is 141 Å². The van der Waals surface area contributed by atoms with E-state index in [1.165, 1.54) is 10.5 Å². The summed E-state index contributed by atoms with van der Waals surface area (Å²) in [5, 5.41) is 7.09. The van der Waals surface area contributed by atoms with Gasteiger partial charge in [-0.15, -0.1) is 11.8 Å². The first kappa shape index (κ1) is 17.1. The van der Waals surface area contributed by atoms with Crippen molar-refractivity contribution < 1.29 is 4.79 Å². The van der Waals surface area contributed by atoms with Crippen molar-refractivity contribution in [1.29, 1.82) is 0 Å². The minimum absolute atomic E-state index is 0.179. The first-order valence-corrected chi connectivity index (χ1v) is 8.58. The molecule has 0 aliphatic rings. The van der Waals surface area contributed by atoms with Gasteiger partial charge in [0, 0.05) is 10.6 Å². The van der Waals surface area contributed by atoms with Gasteiger partial charge in [0.05, 0.1) is 12.8 Å². The third-order valence-electron chi connectivity index (χ3n) is 3.34. The smallest absolute Gasteiger partial charge is 0.259 e. The molecule has 1 amide bonds. The molecule has 0 spiro atoms. The molecular weight excluding hydrogens is 306 g/mol. The molecule has 0 radical (unpaired) electrons. The van der Waals surface area contributed by atoms with Gasteiger partial charge in [-0.3, -0.25) is 4.79 Å². The zero-order valence-electron chi connectivity index (χ0n) is 13.6. The summed E-state index contributed by atoms with van der Waals surface area (Å²) in [6.45, 7) is 4.25. The first-order chi connectivity index (χ1) is 11.1. The van der Waals surface area contributed by atoms with Crippen LogP contribution in [0.4, 0.5) is 5.69 Å². The third-order valence-corrected chi connectivity index (χ3v) is 4.08. The molecule has 2 aromatic rings. The molecule has 0 bridgehead atoms. The lowest BCUT2D eigenvalue weighted by Crippen LogP contribution is -2.26. The second-order valence-electron chi connectivity index (χ2n) is 5.24. The standard InChI is InChI=1S/C18H21N3OS/c1-13-4-9-17(14(2)10-13)19-12-18(22)21-20-11-15-5-7-16(23-3)8-6-15/h4-11,19H,12H2,1-3H3,(H,21,22). The van der Waals surface area contributed by atoms with Crippen molar-refractivity contribution in [2.45, 2.75) is 18.7 Å². The predicted octanol–water partition coefficient (Wildman–Crippen LogP) is 3.59. The Hall–Kier alpha value is -2.27. The molecule has 120 valence electrons. The molecule has 0 saturated carbocycles. The number of nitrogens with one attached hydrogen (secondary N) is 2. The Morgan fingerprint density at radius 1 is 1.17 bits per heavy atom. The number of hydrogen-bond donors (Lipinski definition) is 2. The topological polar surface area (TPSA) is 53.5 Å². The molecule has 0 aromatic heterocycles. The van der Waals surface area contributed by atoms with Crippen LogP contribution in [0, 0.1) is 13.8 Å². The van der Waals surface area contributed by atoms with E-state index in [1.54, 1.807) is 18.0 Å². The highest BCUT2D eigenvalue weighted by molar-refractivity contribution is 7.98. The Bertz CT molecular complexity index is 696. The van der Waals surface area contributed by atoms with Gasteiger partial charge in [-0.2, -0.15) is 5.10 Å². The first-order valence-electron chi connectivity index (χ1n) is 7.35. The molecule has 2 aromatic carbocycles. The lowest BCUT2D eigenvalue weighted by atomic mass is 10.1. The molecule has 0 atom stereocenters. The van der Waals surface area contributed by atoms with Crippen molar-refractivity contribution in [3.8, 4) is 0 Å². The van der Waals surface area contributed by atoms with Crippen molar-refractivity contribution in [2.24, 2.45) is 5.10 Å². The lowest BCUT2D eigenvalue weighted by molar-refractivity contribution is -0.119. The van der Waals surface area contributed by atoms with Gasteiger partial charge < -0.3 is 5.32 Å². The average Bonchev–Trinajstić information content (AvgIpc) is 2.54. The molecule has 2 rings (SSSR count). The highest BCUT2D eigenvalue weighted by Crippen LogP contribution is 2.15. The maximum Gasteiger partial charge on any atom is 0.259 e. The molecular formula is C18H21N3OS. The summed E-state index contributed by atoms with van der Waals surface area (Å²) in [6.07, 6.45) is 3.67. The average molecular weight is 327 g/mol. The van der Waals surface area contributed by atoms with Crippen molar-refractivity contribution >= 4 is 29.6 Å². The number of carbonyl (C=O) groups is 1. The van der Waals surface area contributed by atoms with E-state index in [2.05, 4.69) is 21.9 Å². The fraction of sp³-hybridized carbons (Fsp3) is 0.222. The van der Waals surface area contributed by atoms with E-state index in [9.17, 15) is 4.79 Å². The second kappa shape index (κ2) is 8.39. The SMILES string of the molecule is CSc1ccc(C=NNC(=O)CNc2ccc(C)cc2C)cc1. The molecule has 2 N–H and O–H groups in total. The van der Waals surface area contributed by atoms with Gasteiger partial charge in [0.15, 0.2) is 0 Å². The Morgan fingerprint density at radius 2 is 1.91 bits per heavy atom. The second-order valence-corrected chi connectivity index (χ2v) is 6.12. The van der Waals surface area contributed by atoms with Crippen LogP contribution in [0.1, 0.15) is 16.7 Å². The molecule has 0 aliphatic carbocycles. The molecule has 0 saturated heterocycles. The molecule has 23 heavy (non-hydrogen) atoms. The number of amides is 1. The predicted molar refractivity (Wildman–Crippen MR) is 98.4 cm³/mol. The summed E-state index contributed by atoms with van der Waals surface area (Å²) in [5.41, 5.74) is 6.76. The van der Waals surface area contributed by atoms with E-state index >= 15 is 0 Å². The van der Waals surface area contributed by atoms with Gasteiger partial charge in [-0.05, 0) is 49.4 Å². The van der Waals surface area contributed by atoms with E-state index in [0.29, 0.717) is 0 Å². The summed E-state index contributed by atoms with van der Waals surface area (Å²) >= 11 is 1.69. The molecule has 0 fully saturated rings. The molecule has 5 heteroatoms. The van der Waals surface area contributed by atoms with Crippen LogP contribution in [0.15, 0.2) is 52.5 Å². The minimum atomic E-state index is -0.179. The van der Waals surface area contributed by atoms with E-state index in [-0.39, 0.29) is 12.5 Å². The van der Waals surface area contributed by atoms with Crippen LogP contribution in [0.2, 0.25) is 0 Å². The summed E-state index contributed by atoms with van der Waals surface area (Å²) in [7, 11) is 0. The largest absolute Gasteiger partial charge is 0.376 e. The van der Waals surface area contributed by atoms with Crippen LogP contribution in [-0.4, -0.2) is 24.9 Å². The maximum atomic E-state index is 11.8. The summed E-state index contributed by atoms with van der Waals surface area (Å²) in [4.78, 5) is 13.0. The monoisotopic (exact) mass is 327 g/mol. The number of nitrogens with zero attached hydrogens (tertiary/aromatic N) is 1. The van der Waals surface area contributed by atoms with Crippen LogP contribution >= 0.6 is 11.8 Å². The van der Waals surface area contributed by atoms with Gasteiger partial charge in [-0.1, -0.05) is 29.8 Å². The lowest BCUT2D eigenvalue weighted by Gasteiger charge is -2.09. The van der Waals surface area contributed by atoms with Crippen molar-refractivity contribution in [2.75, 3.05) is 18.1 Å². The number of rotatable bonds is 6. The normalized spacial score (nSPS) is 10.7. The quantitative estimate of drug-likeness (QED) is 0.484. The number of anilines is 1. The fourth-order valence-corrected chi connectivity index (χ4v) is 2.50. The van der Waals surface area contributed by atoms with Crippen LogP contribution in [0.3, 0.4) is 0 Å². The van der Waals surface area contributed by atoms with Gasteiger partial charge >= 0.3 is 0 Å². The Kier molecular flexibility index (Phi) is 6.23. The van der Waals surface area contributed by atoms with Gasteiger partial charge in [0.1, 0.15) is 0 Å². The number of hydrazone groups is 1. The highest BCUT2D eigenvalue weighted by Gasteiger charge is 2.02. The van der Waals surface area contributed by atoms with E-state index in [4.69, 9.17) is 0 Å².